The third-order valence-corrected chi connectivity index (χ3v) is 4.96. The standard InChI is InChI=1S/C24H20BrFN2O3/c1-2-29-23-11-20(14-28-31-16-19-8-4-3-7-18(19)13-27)22(25)12-24(23)30-15-17-6-5-9-21(26)10-17/h3-12,14H,2,15-16H2,1H3/b28-14-. The lowest BCUT2D eigenvalue weighted by Gasteiger charge is -2.14. The average molecular weight is 483 g/mol. The molecular formula is C24H20BrFN2O3. The molecule has 3 rings (SSSR count). The maximum atomic E-state index is 13.4. The number of nitrogens with zero attached hydrogens (tertiary/aromatic N) is 2. The molecule has 0 fully saturated rings. The smallest absolute Gasteiger partial charge is 0.162 e. The van der Waals surface area contributed by atoms with Crippen LogP contribution in [-0.2, 0) is 18.1 Å². The van der Waals surface area contributed by atoms with Crippen molar-refractivity contribution >= 4 is 22.1 Å². The van der Waals surface area contributed by atoms with Gasteiger partial charge in [-0.2, -0.15) is 5.26 Å². The predicted octanol–water partition coefficient (Wildman–Crippen LogP) is 5.99. The summed E-state index contributed by atoms with van der Waals surface area (Å²) in [5, 5.41) is 13.1. The van der Waals surface area contributed by atoms with Crippen LogP contribution in [-0.4, -0.2) is 12.8 Å². The van der Waals surface area contributed by atoms with Crippen molar-refractivity contribution in [2.75, 3.05) is 6.61 Å². The molecule has 0 aromatic heterocycles. The molecule has 0 spiro atoms. The summed E-state index contributed by atoms with van der Waals surface area (Å²) in [5.41, 5.74) is 2.76. The molecule has 0 aliphatic rings. The minimum Gasteiger partial charge on any atom is -0.490 e. The highest BCUT2D eigenvalue weighted by Crippen LogP contribution is 2.34. The number of benzene rings is 3. The summed E-state index contributed by atoms with van der Waals surface area (Å²) in [7, 11) is 0. The van der Waals surface area contributed by atoms with Gasteiger partial charge in [-0.1, -0.05) is 35.5 Å². The summed E-state index contributed by atoms with van der Waals surface area (Å²) in [6, 6.07) is 19.1. The van der Waals surface area contributed by atoms with E-state index in [2.05, 4.69) is 27.2 Å². The largest absolute Gasteiger partial charge is 0.490 e. The Labute approximate surface area is 188 Å². The second-order valence-electron chi connectivity index (χ2n) is 6.45. The summed E-state index contributed by atoms with van der Waals surface area (Å²) in [6.45, 7) is 2.72. The maximum Gasteiger partial charge on any atom is 0.162 e. The van der Waals surface area contributed by atoms with E-state index in [1.807, 2.05) is 19.1 Å². The fraction of sp³-hybridized carbons (Fsp3) is 0.167. The van der Waals surface area contributed by atoms with Crippen LogP contribution in [0.4, 0.5) is 4.39 Å². The van der Waals surface area contributed by atoms with Gasteiger partial charge in [-0.15, -0.1) is 0 Å². The van der Waals surface area contributed by atoms with Gasteiger partial charge in [0.2, 0.25) is 0 Å². The van der Waals surface area contributed by atoms with Crippen LogP contribution in [0.1, 0.15) is 29.2 Å². The summed E-state index contributed by atoms with van der Waals surface area (Å²) in [4.78, 5) is 5.36. The van der Waals surface area contributed by atoms with Crippen LogP contribution >= 0.6 is 15.9 Å². The number of rotatable bonds is 9. The van der Waals surface area contributed by atoms with Gasteiger partial charge in [0, 0.05) is 15.6 Å². The molecule has 0 aliphatic carbocycles. The van der Waals surface area contributed by atoms with Gasteiger partial charge < -0.3 is 14.3 Å². The summed E-state index contributed by atoms with van der Waals surface area (Å²) in [5.74, 6) is 0.758. The maximum absolute atomic E-state index is 13.4. The molecule has 3 aromatic rings. The molecule has 0 saturated carbocycles. The lowest BCUT2D eigenvalue weighted by molar-refractivity contribution is 0.132. The van der Waals surface area contributed by atoms with E-state index in [-0.39, 0.29) is 19.0 Å². The third-order valence-electron chi connectivity index (χ3n) is 4.27. The van der Waals surface area contributed by atoms with Gasteiger partial charge in [0.25, 0.3) is 0 Å². The second-order valence-corrected chi connectivity index (χ2v) is 7.30. The number of hydrogen-bond donors (Lipinski definition) is 0. The normalized spacial score (nSPS) is 10.6. The van der Waals surface area contributed by atoms with E-state index in [9.17, 15) is 4.39 Å². The number of hydrogen-bond acceptors (Lipinski definition) is 5. The monoisotopic (exact) mass is 482 g/mol. The zero-order chi connectivity index (χ0) is 22.1. The minimum absolute atomic E-state index is 0.186. The molecule has 3 aromatic carbocycles. The van der Waals surface area contributed by atoms with Crippen molar-refractivity contribution < 1.29 is 18.7 Å². The average Bonchev–Trinajstić information content (AvgIpc) is 2.77. The number of oxime groups is 1. The Hall–Kier alpha value is -3.37. The van der Waals surface area contributed by atoms with Gasteiger partial charge in [0.1, 0.15) is 19.0 Å². The van der Waals surface area contributed by atoms with Crippen molar-refractivity contribution in [1.82, 2.24) is 0 Å². The van der Waals surface area contributed by atoms with E-state index in [4.69, 9.17) is 19.6 Å². The number of halogens is 2. The number of ether oxygens (including phenoxy) is 2. The van der Waals surface area contributed by atoms with Gasteiger partial charge >= 0.3 is 0 Å². The second kappa shape index (κ2) is 11.1. The molecule has 0 unspecified atom stereocenters. The van der Waals surface area contributed by atoms with Crippen LogP contribution in [0.2, 0.25) is 0 Å². The summed E-state index contributed by atoms with van der Waals surface area (Å²) >= 11 is 3.50. The highest BCUT2D eigenvalue weighted by atomic mass is 79.9. The Balaban J connectivity index is 1.70. The molecule has 0 atom stereocenters. The highest BCUT2D eigenvalue weighted by molar-refractivity contribution is 9.10. The molecule has 0 amide bonds. The van der Waals surface area contributed by atoms with Crippen LogP contribution in [0.15, 0.2) is 70.3 Å². The summed E-state index contributed by atoms with van der Waals surface area (Å²) < 4.78 is 25.6. The Bertz CT molecular complexity index is 1110. The lowest BCUT2D eigenvalue weighted by Crippen LogP contribution is -2.01. The van der Waals surface area contributed by atoms with Crippen LogP contribution in [0.3, 0.4) is 0 Å². The van der Waals surface area contributed by atoms with Crippen molar-refractivity contribution in [3.05, 3.63) is 93.2 Å². The summed E-state index contributed by atoms with van der Waals surface area (Å²) in [6.07, 6.45) is 1.55. The molecule has 5 nitrogen and oxygen atoms in total. The van der Waals surface area contributed by atoms with Crippen molar-refractivity contribution in [1.29, 1.82) is 5.26 Å². The van der Waals surface area contributed by atoms with E-state index < -0.39 is 0 Å². The van der Waals surface area contributed by atoms with E-state index >= 15 is 0 Å². The first-order chi connectivity index (χ1) is 15.1. The van der Waals surface area contributed by atoms with Crippen molar-refractivity contribution in [3.63, 3.8) is 0 Å². The zero-order valence-corrected chi connectivity index (χ0v) is 18.4. The van der Waals surface area contributed by atoms with Gasteiger partial charge in [0.05, 0.1) is 24.5 Å². The van der Waals surface area contributed by atoms with Gasteiger partial charge in [-0.25, -0.2) is 4.39 Å². The molecule has 158 valence electrons. The van der Waals surface area contributed by atoms with Crippen molar-refractivity contribution in [3.8, 4) is 17.6 Å². The Morgan fingerprint density at radius 3 is 2.61 bits per heavy atom. The predicted molar refractivity (Wildman–Crippen MR) is 120 cm³/mol. The van der Waals surface area contributed by atoms with Gasteiger partial charge in [-0.3, -0.25) is 0 Å². The molecule has 0 aliphatic heterocycles. The molecule has 7 heteroatoms. The third kappa shape index (κ3) is 6.30. The quantitative estimate of drug-likeness (QED) is 0.277. The van der Waals surface area contributed by atoms with Crippen molar-refractivity contribution in [2.24, 2.45) is 5.16 Å². The fourth-order valence-corrected chi connectivity index (χ4v) is 3.20. The SMILES string of the molecule is CCOc1cc(/C=N\OCc2ccccc2C#N)c(Br)cc1OCc1cccc(F)c1. The zero-order valence-electron chi connectivity index (χ0n) is 16.8. The molecule has 0 radical (unpaired) electrons. The van der Waals surface area contributed by atoms with E-state index in [0.717, 1.165) is 21.2 Å². The molecule has 0 saturated heterocycles. The van der Waals surface area contributed by atoms with Crippen LogP contribution in [0.5, 0.6) is 11.5 Å². The molecule has 31 heavy (non-hydrogen) atoms. The van der Waals surface area contributed by atoms with Crippen molar-refractivity contribution in [2.45, 2.75) is 20.1 Å². The Morgan fingerprint density at radius 2 is 1.84 bits per heavy atom. The minimum atomic E-state index is -0.309. The first-order valence-electron chi connectivity index (χ1n) is 9.57. The topological polar surface area (TPSA) is 63.8 Å². The molecule has 0 heterocycles. The van der Waals surface area contributed by atoms with E-state index in [1.165, 1.54) is 12.1 Å². The van der Waals surface area contributed by atoms with E-state index in [0.29, 0.717) is 23.7 Å². The lowest BCUT2D eigenvalue weighted by atomic mass is 10.1. The number of nitriles is 1. The molecular weight excluding hydrogens is 463 g/mol. The van der Waals surface area contributed by atoms with Gasteiger partial charge in [0.15, 0.2) is 11.5 Å². The Morgan fingerprint density at radius 1 is 1.03 bits per heavy atom. The molecule has 0 bridgehead atoms. The highest BCUT2D eigenvalue weighted by Gasteiger charge is 2.11. The van der Waals surface area contributed by atoms with Crippen LogP contribution in [0, 0.1) is 17.1 Å². The van der Waals surface area contributed by atoms with Crippen LogP contribution < -0.4 is 9.47 Å². The first kappa shape index (κ1) is 22.3. The van der Waals surface area contributed by atoms with Gasteiger partial charge in [-0.05, 0) is 58.7 Å². The van der Waals surface area contributed by atoms with E-state index in [1.54, 1.807) is 42.6 Å². The van der Waals surface area contributed by atoms with Crippen LogP contribution in [0.25, 0.3) is 0 Å². The first-order valence-corrected chi connectivity index (χ1v) is 10.4. The fourth-order valence-electron chi connectivity index (χ4n) is 2.77. The molecule has 0 N–H and O–H groups in total. The Kier molecular flexibility index (Phi) is 8.02.